The van der Waals surface area contributed by atoms with Gasteiger partial charge >= 0.3 is 18.2 Å². The van der Waals surface area contributed by atoms with Crippen LogP contribution in [-0.4, -0.2) is 42.3 Å². The molecule has 258 valence electrons. The molecule has 0 unspecified atom stereocenters. The lowest BCUT2D eigenvalue weighted by atomic mass is 9.84. The molecule has 4 rings (SSSR count). The molecule has 2 N–H and O–H groups in total. The van der Waals surface area contributed by atoms with Gasteiger partial charge in [0.25, 0.3) is 5.88 Å². The standard InChI is InChI=1S/C36H37F3N4O6/c1-7-47-30-16-26(20-41-32(30)49-21-23-9-13-28(46-6)14-10-23)25-15-22(3)31(40-19-25)43-34(45)42-27-12-11-24(29(17-27)36(37,38)39)18-35(4,5)33(44)48-8-2/h9-17,19-20H,2,7-8,18,21H2,1,3-6H3,(H-,40,42,43,45)/p+1. The Hall–Kier alpha value is -5.46. The number of halogens is 3. The highest BCUT2D eigenvalue weighted by Crippen LogP contribution is 2.37. The van der Waals surface area contributed by atoms with Crippen LogP contribution >= 0.6 is 0 Å². The number of nitrogens with one attached hydrogen (secondary N) is 2. The largest absolute Gasteiger partial charge is 0.497 e. The zero-order valence-corrected chi connectivity index (χ0v) is 27.9. The van der Waals surface area contributed by atoms with E-state index >= 15 is 0 Å². The number of rotatable bonds is 13. The van der Waals surface area contributed by atoms with Crippen LogP contribution in [0.5, 0.6) is 17.4 Å². The first-order chi connectivity index (χ1) is 23.2. The number of amides is 2. The number of aryl methyl sites for hydroxylation is 1. The number of anilines is 2. The van der Waals surface area contributed by atoms with Crippen molar-refractivity contribution in [1.29, 1.82) is 0 Å². The number of carbonyl (C=O) groups is 2. The summed E-state index contributed by atoms with van der Waals surface area (Å²) < 4.78 is 63.8. The van der Waals surface area contributed by atoms with Crippen molar-refractivity contribution < 1.29 is 41.7 Å². The number of methoxy groups -OCH3 is 1. The van der Waals surface area contributed by atoms with Crippen LogP contribution in [0.4, 0.5) is 29.5 Å². The molecule has 10 nitrogen and oxygen atoms in total. The summed E-state index contributed by atoms with van der Waals surface area (Å²) in [6.07, 6.45) is -1.81. The summed E-state index contributed by atoms with van der Waals surface area (Å²) in [5.41, 5.74) is 0.479. The minimum absolute atomic E-state index is 0.0928. The summed E-state index contributed by atoms with van der Waals surface area (Å²) >= 11 is 0. The SMILES string of the molecule is [CH2+]COC(=O)C(C)(C)Cc1ccc(NC(=O)Nc2ncc(-c3cnc(OCc4ccc(OC)cc4)c(OCC)c3)cc2C)cc1C(F)(F)F. The molecule has 13 heteroatoms. The molecule has 0 fully saturated rings. The number of benzene rings is 2. The number of hydrogen-bond donors (Lipinski definition) is 2. The third-order valence-corrected chi connectivity index (χ3v) is 7.39. The second-order valence-electron chi connectivity index (χ2n) is 11.6. The van der Waals surface area contributed by atoms with Crippen molar-refractivity contribution in [1.82, 2.24) is 9.97 Å². The summed E-state index contributed by atoms with van der Waals surface area (Å²) in [6.45, 7) is 10.5. The van der Waals surface area contributed by atoms with Crippen LogP contribution in [0.25, 0.3) is 11.1 Å². The number of carbonyl (C=O) groups excluding carboxylic acids is 2. The van der Waals surface area contributed by atoms with E-state index in [0.717, 1.165) is 17.4 Å². The molecule has 2 aromatic carbocycles. The highest BCUT2D eigenvalue weighted by molar-refractivity contribution is 5.99. The fourth-order valence-corrected chi connectivity index (χ4v) is 4.87. The predicted molar refractivity (Wildman–Crippen MR) is 179 cm³/mol. The van der Waals surface area contributed by atoms with Gasteiger partial charge in [-0.05, 0) is 87.2 Å². The van der Waals surface area contributed by atoms with Crippen molar-refractivity contribution in [2.24, 2.45) is 5.41 Å². The quantitative estimate of drug-likeness (QED) is 0.108. The number of urea groups is 1. The number of nitrogens with zero attached hydrogens (tertiary/aromatic N) is 2. The molecule has 0 bridgehead atoms. The smallest absolute Gasteiger partial charge is 0.416 e. The summed E-state index contributed by atoms with van der Waals surface area (Å²) in [6, 6.07) is 13.6. The molecule has 4 aromatic rings. The van der Waals surface area contributed by atoms with Gasteiger partial charge in [-0.25, -0.2) is 14.8 Å². The van der Waals surface area contributed by atoms with Crippen molar-refractivity contribution in [3.63, 3.8) is 0 Å². The monoisotopic (exact) mass is 679 g/mol. The molecule has 0 aliphatic heterocycles. The van der Waals surface area contributed by atoms with Crippen molar-refractivity contribution in [2.45, 2.75) is 46.9 Å². The summed E-state index contributed by atoms with van der Waals surface area (Å²) in [4.78, 5) is 33.9. The average Bonchev–Trinajstić information content (AvgIpc) is 3.05. The van der Waals surface area contributed by atoms with Gasteiger partial charge in [0, 0.05) is 29.2 Å². The molecule has 49 heavy (non-hydrogen) atoms. The molecule has 0 aliphatic rings. The van der Waals surface area contributed by atoms with Crippen molar-refractivity contribution in [2.75, 3.05) is 31.0 Å². The maximum Gasteiger partial charge on any atom is 0.416 e. The molecule has 0 aliphatic carbocycles. The second kappa shape index (κ2) is 15.6. The first-order valence-electron chi connectivity index (χ1n) is 15.3. The van der Waals surface area contributed by atoms with E-state index in [1.165, 1.54) is 32.2 Å². The van der Waals surface area contributed by atoms with Crippen LogP contribution in [0.3, 0.4) is 0 Å². The number of hydrogen-bond acceptors (Lipinski definition) is 8. The summed E-state index contributed by atoms with van der Waals surface area (Å²) in [7, 11) is 1.60. The Morgan fingerprint density at radius 2 is 1.61 bits per heavy atom. The van der Waals surface area contributed by atoms with Gasteiger partial charge in [0.2, 0.25) is 6.61 Å². The van der Waals surface area contributed by atoms with Gasteiger partial charge in [-0.1, -0.05) is 18.2 Å². The minimum Gasteiger partial charge on any atom is -0.497 e. The third-order valence-electron chi connectivity index (χ3n) is 7.39. The number of alkyl halides is 3. The minimum atomic E-state index is -4.73. The lowest BCUT2D eigenvalue weighted by molar-refractivity contribution is -0.153. The van der Waals surface area contributed by atoms with Crippen LogP contribution in [-0.2, 0) is 28.7 Å². The van der Waals surface area contributed by atoms with E-state index in [1.807, 2.05) is 31.2 Å². The van der Waals surface area contributed by atoms with E-state index in [1.54, 1.807) is 32.4 Å². The second-order valence-corrected chi connectivity index (χ2v) is 11.6. The van der Waals surface area contributed by atoms with E-state index in [4.69, 9.17) is 18.9 Å². The van der Waals surface area contributed by atoms with E-state index in [9.17, 15) is 22.8 Å². The van der Waals surface area contributed by atoms with Crippen molar-refractivity contribution in [3.8, 4) is 28.5 Å². The van der Waals surface area contributed by atoms with Gasteiger partial charge in [0.15, 0.2) is 5.75 Å². The third kappa shape index (κ3) is 9.55. The van der Waals surface area contributed by atoms with Crippen LogP contribution in [0.2, 0.25) is 0 Å². The van der Waals surface area contributed by atoms with E-state index in [-0.39, 0.29) is 36.7 Å². The van der Waals surface area contributed by atoms with Gasteiger partial charge in [0.1, 0.15) is 25.1 Å². The fourth-order valence-electron chi connectivity index (χ4n) is 4.87. The van der Waals surface area contributed by atoms with Crippen LogP contribution in [0, 0.1) is 19.3 Å². The summed E-state index contributed by atoms with van der Waals surface area (Å²) in [5.74, 6) is 1.05. The normalized spacial score (nSPS) is 11.4. The number of aromatic nitrogens is 2. The number of ether oxygens (including phenoxy) is 4. The molecule has 2 aromatic heterocycles. The topological polar surface area (TPSA) is 121 Å². The van der Waals surface area contributed by atoms with Gasteiger partial charge < -0.3 is 24.3 Å². The predicted octanol–water partition coefficient (Wildman–Crippen LogP) is 8.05. The van der Waals surface area contributed by atoms with Crippen LogP contribution in [0.15, 0.2) is 67.0 Å². The Morgan fingerprint density at radius 1 is 0.918 bits per heavy atom. The van der Waals surface area contributed by atoms with E-state index in [2.05, 4.69) is 27.5 Å². The molecular formula is C36H38F3N4O6+. The summed E-state index contributed by atoms with van der Waals surface area (Å²) in [5, 5.41) is 5.01. The molecule has 0 spiro atoms. The zero-order valence-electron chi connectivity index (χ0n) is 27.9. The zero-order chi connectivity index (χ0) is 35.8. The van der Waals surface area contributed by atoms with Gasteiger partial charge in [0.05, 0.1) is 24.7 Å². The highest BCUT2D eigenvalue weighted by atomic mass is 19.4. The molecule has 0 saturated carbocycles. The lowest BCUT2D eigenvalue weighted by Crippen LogP contribution is -2.30. The number of pyridine rings is 2. The first kappa shape index (κ1) is 36.4. The Morgan fingerprint density at radius 3 is 2.24 bits per heavy atom. The maximum atomic E-state index is 14.0. The molecule has 2 amide bonds. The van der Waals surface area contributed by atoms with Crippen molar-refractivity contribution >= 4 is 23.5 Å². The fraction of sp³-hybridized carbons (Fsp3) is 0.306. The molecule has 0 radical (unpaired) electrons. The molecule has 2 heterocycles. The molecular weight excluding hydrogens is 641 g/mol. The van der Waals surface area contributed by atoms with E-state index < -0.39 is 29.2 Å². The molecule has 0 atom stereocenters. The van der Waals surface area contributed by atoms with E-state index in [0.29, 0.717) is 34.9 Å². The average molecular weight is 680 g/mol. The van der Waals surface area contributed by atoms with Crippen LogP contribution in [0.1, 0.15) is 43.0 Å². The maximum absolute atomic E-state index is 14.0. The van der Waals surface area contributed by atoms with Crippen molar-refractivity contribution in [3.05, 3.63) is 96.2 Å². The Bertz CT molecular complexity index is 1780. The Kier molecular flexibility index (Phi) is 11.6. The van der Waals surface area contributed by atoms with Gasteiger partial charge in [-0.3, -0.25) is 10.1 Å². The Labute approximate surface area is 283 Å². The van der Waals surface area contributed by atoms with Gasteiger partial charge in [-0.15, -0.1) is 0 Å². The number of esters is 1. The van der Waals surface area contributed by atoms with Gasteiger partial charge in [-0.2, -0.15) is 13.2 Å². The highest BCUT2D eigenvalue weighted by Gasteiger charge is 2.37. The Balaban J connectivity index is 1.46. The molecule has 0 saturated heterocycles. The van der Waals surface area contributed by atoms with Crippen LogP contribution < -0.4 is 24.8 Å². The first-order valence-corrected chi connectivity index (χ1v) is 15.3. The lowest BCUT2D eigenvalue weighted by Gasteiger charge is -2.24.